The lowest BCUT2D eigenvalue weighted by Crippen LogP contribution is -2.43. The molecule has 0 aliphatic carbocycles. The fourth-order valence-electron chi connectivity index (χ4n) is 2.21. The third-order valence-electron chi connectivity index (χ3n) is 3.41. The van der Waals surface area contributed by atoms with Gasteiger partial charge in [0.25, 0.3) is 0 Å². The number of benzene rings is 1. The molecule has 1 aromatic rings. The molecule has 1 unspecified atom stereocenters. The molecule has 1 aliphatic rings. The number of carbonyl (C=O) groups excluding carboxylic acids is 1. The number of nitrogens with zero attached hydrogens (tertiary/aromatic N) is 1. The molecule has 0 aromatic heterocycles. The predicted molar refractivity (Wildman–Crippen MR) is 85.2 cm³/mol. The third-order valence-corrected chi connectivity index (χ3v) is 5.19. The van der Waals surface area contributed by atoms with Crippen LogP contribution in [0.3, 0.4) is 0 Å². The van der Waals surface area contributed by atoms with E-state index in [0.717, 1.165) is 5.56 Å². The largest absolute Gasteiger partial charge is 0.304 e. The van der Waals surface area contributed by atoms with Gasteiger partial charge in [-0.25, -0.2) is 8.42 Å². The highest BCUT2D eigenvalue weighted by molar-refractivity contribution is 7.94. The lowest BCUT2D eigenvalue weighted by Gasteiger charge is -2.29. The van der Waals surface area contributed by atoms with E-state index in [4.69, 9.17) is 11.6 Å². The summed E-state index contributed by atoms with van der Waals surface area (Å²) >= 11 is 6.13. The summed E-state index contributed by atoms with van der Waals surface area (Å²) < 4.78 is 23.3. The zero-order chi connectivity index (χ0) is 15.8. The Morgan fingerprint density at radius 1 is 1.38 bits per heavy atom. The van der Waals surface area contributed by atoms with E-state index in [9.17, 15) is 13.2 Å². The van der Waals surface area contributed by atoms with Crippen LogP contribution in [0.15, 0.2) is 29.7 Å². The Balaban J connectivity index is 2.44. The monoisotopic (exact) mass is 327 g/mol. The average molecular weight is 328 g/mol. The van der Waals surface area contributed by atoms with Crippen molar-refractivity contribution in [2.24, 2.45) is 5.92 Å². The Bertz CT molecular complexity index is 695. The van der Waals surface area contributed by atoms with Gasteiger partial charge in [0.05, 0.1) is 11.8 Å². The standard InChI is InChI=1S/C15H18ClNO3S/c1-10(2)15(18)17(13-6-7-21(19,20)9-13)12-5-4-11(3)14(16)8-12/h4-8,10,13H,9H2,1-3H3. The first kappa shape index (κ1) is 16.0. The summed E-state index contributed by atoms with van der Waals surface area (Å²) in [6.07, 6.45) is 1.56. The first-order valence-corrected chi connectivity index (χ1v) is 8.81. The predicted octanol–water partition coefficient (Wildman–Crippen LogP) is 2.95. The SMILES string of the molecule is Cc1ccc(N(C(=O)C(C)C)C2C=CS(=O)(=O)C2)cc1Cl. The maximum atomic E-state index is 12.5. The molecule has 1 atom stereocenters. The molecule has 0 radical (unpaired) electrons. The van der Waals surface area contributed by atoms with Gasteiger partial charge in [0.2, 0.25) is 5.91 Å². The molecule has 0 fully saturated rings. The summed E-state index contributed by atoms with van der Waals surface area (Å²) in [6, 6.07) is 4.84. The highest BCUT2D eigenvalue weighted by Gasteiger charge is 2.32. The molecule has 1 amide bonds. The normalized spacial score (nSPS) is 20.0. The minimum Gasteiger partial charge on any atom is -0.304 e. The van der Waals surface area contributed by atoms with Crippen molar-refractivity contribution in [3.05, 3.63) is 40.3 Å². The van der Waals surface area contributed by atoms with Crippen LogP contribution in [0.2, 0.25) is 5.02 Å². The molecule has 1 heterocycles. The van der Waals surface area contributed by atoms with Crippen LogP contribution in [0.1, 0.15) is 19.4 Å². The van der Waals surface area contributed by atoms with Crippen molar-refractivity contribution >= 4 is 33.0 Å². The van der Waals surface area contributed by atoms with Crippen molar-refractivity contribution in [3.8, 4) is 0 Å². The van der Waals surface area contributed by atoms with Gasteiger partial charge in [0.1, 0.15) is 0 Å². The zero-order valence-corrected chi connectivity index (χ0v) is 13.8. The van der Waals surface area contributed by atoms with E-state index >= 15 is 0 Å². The zero-order valence-electron chi connectivity index (χ0n) is 12.2. The van der Waals surface area contributed by atoms with E-state index in [1.54, 1.807) is 32.1 Å². The number of sulfone groups is 1. The number of aryl methyl sites for hydroxylation is 1. The van der Waals surface area contributed by atoms with Crippen LogP contribution in [0, 0.1) is 12.8 Å². The van der Waals surface area contributed by atoms with Crippen molar-refractivity contribution in [1.29, 1.82) is 0 Å². The molecule has 114 valence electrons. The van der Waals surface area contributed by atoms with Crippen LogP contribution in [0.25, 0.3) is 0 Å². The Morgan fingerprint density at radius 2 is 2.05 bits per heavy atom. The molecule has 1 aromatic carbocycles. The van der Waals surface area contributed by atoms with Gasteiger partial charge in [-0.3, -0.25) is 4.79 Å². The molecule has 2 rings (SSSR count). The maximum absolute atomic E-state index is 12.5. The summed E-state index contributed by atoms with van der Waals surface area (Å²) in [5, 5.41) is 1.73. The highest BCUT2D eigenvalue weighted by atomic mass is 35.5. The second-order valence-electron chi connectivity index (χ2n) is 5.52. The second-order valence-corrected chi connectivity index (χ2v) is 7.86. The van der Waals surface area contributed by atoms with Crippen molar-refractivity contribution in [1.82, 2.24) is 0 Å². The summed E-state index contributed by atoms with van der Waals surface area (Å²) in [6.45, 7) is 5.46. The van der Waals surface area contributed by atoms with Crippen LogP contribution < -0.4 is 4.90 Å². The number of anilines is 1. The fraction of sp³-hybridized carbons (Fsp3) is 0.400. The first-order chi connectivity index (χ1) is 9.71. The van der Waals surface area contributed by atoms with Gasteiger partial charge in [-0.15, -0.1) is 0 Å². The van der Waals surface area contributed by atoms with E-state index in [1.165, 1.54) is 10.3 Å². The third kappa shape index (κ3) is 3.47. The summed E-state index contributed by atoms with van der Waals surface area (Å²) in [4.78, 5) is 14.0. The van der Waals surface area contributed by atoms with Gasteiger partial charge in [0.15, 0.2) is 9.84 Å². The van der Waals surface area contributed by atoms with Crippen LogP contribution in [-0.4, -0.2) is 26.1 Å². The van der Waals surface area contributed by atoms with Gasteiger partial charge >= 0.3 is 0 Å². The molecule has 1 aliphatic heterocycles. The Hall–Kier alpha value is -1.33. The van der Waals surface area contributed by atoms with E-state index in [1.807, 2.05) is 13.0 Å². The van der Waals surface area contributed by atoms with Crippen molar-refractivity contribution in [2.45, 2.75) is 26.8 Å². The number of hydrogen-bond donors (Lipinski definition) is 0. The van der Waals surface area contributed by atoms with Gasteiger partial charge in [0, 0.05) is 22.0 Å². The molecular formula is C15H18ClNO3S. The molecule has 0 saturated heterocycles. The fourth-order valence-corrected chi connectivity index (χ4v) is 3.65. The molecule has 0 spiro atoms. The van der Waals surface area contributed by atoms with Gasteiger partial charge < -0.3 is 4.90 Å². The van der Waals surface area contributed by atoms with Gasteiger partial charge in [-0.2, -0.15) is 0 Å². The van der Waals surface area contributed by atoms with E-state index in [-0.39, 0.29) is 17.6 Å². The molecule has 21 heavy (non-hydrogen) atoms. The topological polar surface area (TPSA) is 54.5 Å². The summed E-state index contributed by atoms with van der Waals surface area (Å²) in [5.74, 6) is -0.444. The molecule has 6 heteroatoms. The summed E-state index contributed by atoms with van der Waals surface area (Å²) in [7, 11) is -3.23. The second kappa shape index (κ2) is 5.81. The lowest BCUT2D eigenvalue weighted by molar-refractivity contribution is -0.121. The molecular weight excluding hydrogens is 310 g/mol. The van der Waals surface area contributed by atoms with Crippen LogP contribution >= 0.6 is 11.6 Å². The minimum atomic E-state index is -3.23. The van der Waals surface area contributed by atoms with E-state index in [0.29, 0.717) is 10.7 Å². The van der Waals surface area contributed by atoms with Crippen LogP contribution in [-0.2, 0) is 14.6 Å². The smallest absolute Gasteiger partial charge is 0.230 e. The quantitative estimate of drug-likeness (QED) is 0.857. The molecule has 0 saturated carbocycles. The Morgan fingerprint density at radius 3 is 2.52 bits per heavy atom. The van der Waals surface area contributed by atoms with Crippen LogP contribution in [0.4, 0.5) is 5.69 Å². The number of carbonyl (C=O) groups is 1. The highest BCUT2D eigenvalue weighted by Crippen LogP contribution is 2.28. The maximum Gasteiger partial charge on any atom is 0.230 e. The minimum absolute atomic E-state index is 0.0864. The van der Waals surface area contributed by atoms with E-state index < -0.39 is 15.9 Å². The van der Waals surface area contributed by atoms with Crippen LogP contribution in [0.5, 0.6) is 0 Å². The van der Waals surface area contributed by atoms with Crippen molar-refractivity contribution in [2.75, 3.05) is 10.7 Å². The number of hydrogen-bond acceptors (Lipinski definition) is 3. The number of halogens is 1. The first-order valence-electron chi connectivity index (χ1n) is 6.71. The number of rotatable bonds is 3. The lowest BCUT2D eigenvalue weighted by atomic mass is 10.1. The van der Waals surface area contributed by atoms with Gasteiger partial charge in [-0.05, 0) is 30.7 Å². The van der Waals surface area contributed by atoms with Crippen molar-refractivity contribution < 1.29 is 13.2 Å². The Kier molecular flexibility index (Phi) is 4.44. The van der Waals surface area contributed by atoms with E-state index in [2.05, 4.69) is 0 Å². The average Bonchev–Trinajstić information content (AvgIpc) is 2.74. The molecule has 4 nitrogen and oxygen atoms in total. The Labute approximate surface area is 130 Å². The van der Waals surface area contributed by atoms with Gasteiger partial charge in [-0.1, -0.05) is 31.5 Å². The molecule has 0 N–H and O–H groups in total. The number of amides is 1. The molecule has 0 bridgehead atoms. The van der Waals surface area contributed by atoms with Crippen molar-refractivity contribution in [3.63, 3.8) is 0 Å². The summed E-state index contributed by atoms with van der Waals surface area (Å²) in [5.41, 5.74) is 1.53.